The molecule has 0 saturated carbocycles. The van der Waals surface area contributed by atoms with Crippen molar-refractivity contribution in [3.63, 3.8) is 0 Å². The monoisotopic (exact) mass is 89.0 g/mol. The molecule has 0 fully saturated rings. The van der Waals surface area contributed by atoms with E-state index in [0.29, 0.717) is 0 Å². The molecule has 3 N–H and O–H groups in total. The molecule has 5 heavy (non-hydrogen) atoms. The molecule has 0 heterocycles. The Hall–Kier alpha value is -0.0500. The Morgan fingerprint density at radius 1 is 1.80 bits per heavy atom. The quantitative estimate of drug-likeness (QED) is 0.343. The van der Waals surface area contributed by atoms with Crippen molar-refractivity contribution in [2.45, 2.75) is 0 Å². The van der Waals surface area contributed by atoms with Gasteiger partial charge in [-0.3, -0.25) is 0 Å². The second kappa shape index (κ2) is 9.04. The summed E-state index contributed by atoms with van der Waals surface area (Å²) in [5.41, 5.74) is 0. The van der Waals surface area contributed by atoms with Crippen LogP contribution in [0.2, 0.25) is 0 Å². The first-order valence-electron chi connectivity index (χ1n) is 1.05. The van der Waals surface area contributed by atoms with E-state index < -0.39 is 0 Å². The highest BCUT2D eigenvalue weighted by molar-refractivity contribution is 7.16. The molecule has 1 unspecified atom stereocenters. The van der Waals surface area contributed by atoms with Gasteiger partial charge < -0.3 is 6.15 Å². The topological polar surface area (TPSA) is 35.0 Å². The van der Waals surface area contributed by atoms with E-state index in [-0.39, 0.29) is 6.15 Å². The third-order valence-electron chi connectivity index (χ3n) is 0.118. The molecule has 0 aliphatic carbocycles. The van der Waals surface area contributed by atoms with Crippen LogP contribution in [0.3, 0.4) is 0 Å². The van der Waals surface area contributed by atoms with Gasteiger partial charge in [-0.25, -0.2) is 0 Å². The molecule has 1 atom stereocenters. The van der Waals surface area contributed by atoms with Crippen LogP contribution in [-0.4, -0.2) is 6.16 Å². The molecular formula is C3H8NP. The minimum Gasteiger partial charge on any atom is -0.344 e. The molecule has 0 amide bonds. The molecule has 0 aliphatic rings. The molecule has 0 saturated heterocycles. The van der Waals surface area contributed by atoms with Crippen LogP contribution in [0.4, 0.5) is 0 Å². The Balaban J connectivity index is 0. The van der Waals surface area contributed by atoms with Crippen LogP contribution in [0.25, 0.3) is 0 Å². The standard InChI is InChI=1S/C3H5P.H3N/c1-2-3-4;/h1H,3-4H2;1H3. The van der Waals surface area contributed by atoms with Crippen LogP contribution < -0.4 is 6.15 Å². The van der Waals surface area contributed by atoms with Crippen LogP contribution in [0.1, 0.15) is 0 Å². The summed E-state index contributed by atoms with van der Waals surface area (Å²) < 4.78 is 0. The fraction of sp³-hybridized carbons (Fsp3) is 0.333. The second-order valence-electron chi connectivity index (χ2n) is 0.408. The molecule has 1 nitrogen and oxygen atoms in total. The van der Waals surface area contributed by atoms with Crippen LogP contribution in [0.15, 0.2) is 0 Å². The van der Waals surface area contributed by atoms with Crippen molar-refractivity contribution in [3.8, 4) is 12.3 Å². The van der Waals surface area contributed by atoms with Gasteiger partial charge in [-0.1, -0.05) is 0 Å². The van der Waals surface area contributed by atoms with Gasteiger partial charge in [-0.15, -0.1) is 21.6 Å². The van der Waals surface area contributed by atoms with Gasteiger partial charge in [0.25, 0.3) is 0 Å². The van der Waals surface area contributed by atoms with Crippen LogP contribution in [0.5, 0.6) is 0 Å². The Morgan fingerprint density at radius 3 is 2.00 bits per heavy atom. The van der Waals surface area contributed by atoms with Crippen LogP contribution in [-0.2, 0) is 0 Å². The summed E-state index contributed by atoms with van der Waals surface area (Å²) in [5.74, 6) is 2.39. The maximum absolute atomic E-state index is 4.76. The van der Waals surface area contributed by atoms with Crippen molar-refractivity contribution in [2.24, 2.45) is 0 Å². The number of rotatable bonds is 0. The summed E-state index contributed by atoms with van der Waals surface area (Å²) in [4.78, 5) is 0. The summed E-state index contributed by atoms with van der Waals surface area (Å²) in [6.45, 7) is 0. The van der Waals surface area contributed by atoms with Gasteiger partial charge in [-0.05, 0) is 0 Å². The fourth-order valence-corrected chi connectivity index (χ4v) is 0. The molecule has 0 aliphatic heterocycles. The van der Waals surface area contributed by atoms with E-state index in [2.05, 4.69) is 15.2 Å². The van der Waals surface area contributed by atoms with E-state index in [1.165, 1.54) is 0 Å². The lowest BCUT2D eigenvalue weighted by Gasteiger charge is -1.53. The average Bonchev–Trinajstić information content (AvgIpc) is 1.37. The average molecular weight is 89.1 g/mol. The number of terminal acetylenes is 1. The highest BCUT2D eigenvalue weighted by atomic mass is 31.0. The molecule has 0 aromatic heterocycles. The highest BCUT2D eigenvalue weighted by Crippen LogP contribution is 1.69. The normalized spacial score (nSPS) is 4.00. The summed E-state index contributed by atoms with van der Waals surface area (Å²) in [6, 6.07) is 0. The Bertz CT molecular complexity index is 36.6. The van der Waals surface area contributed by atoms with Gasteiger partial charge in [0.15, 0.2) is 0 Å². The molecule has 0 spiro atoms. The van der Waals surface area contributed by atoms with Crippen molar-refractivity contribution < 1.29 is 0 Å². The van der Waals surface area contributed by atoms with E-state index >= 15 is 0 Å². The summed E-state index contributed by atoms with van der Waals surface area (Å²) in [7, 11) is 2.42. The molecular weight excluding hydrogens is 81.0 g/mol. The maximum Gasteiger partial charge on any atom is 0.0231 e. The Kier molecular flexibility index (Phi) is 16.0. The lowest BCUT2D eigenvalue weighted by atomic mass is 10.8. The van der Waals surface area contributed by atoms with E-state index in [4.69, 9.17) is 6.42 Å². The summed E-state index contributed by atoms with van der Waals surface area (Å²) in [5, 5.41) is 0. The van der Waals surface area contributed by atoms with Gasteiger partial charge in [0.2, 0.25) is 0 Å². The first-order chi connectivity index (χ1) is 1.91. The van der Waals surface area contributed by atoms with Gasteiger partial charge in [0, 0.05) is 6.16 Å². The molecule has 0 aromatic carbocycles. The smallest absolute Gasteiger partial charge is 0.0231 e. The van der Waals surface area contributed by atoms with Gasteiger partial charge >= 0.3 is 0 Å². The summed E-state index contributed by atoms with van der Waals surface area (Å²) in [6.07, 6.45) is 5.52. The van der Waals surface area contributed by atoms with Crippen LogP contribution >= 0.6 is 9.24 Å². The van der Waals surface area contributed by atoms with Crippen molar-refractivity contribution in [1.29, 1.82) is 0 Å². The lowest BCUT2D eigenvalue weighted by molar-refractivity contribution is 1.98. The molecule has 0 radical (unpaired) electrons. The minimum absolute atomic E-state index is 0. The first-order valence-corrected chi connectivity index (χ1v) is 1.87. The SMILES string of the molecule is C#CCP.N. The first kappa shape index (κ1) is 8.87. The zero-order valence-corrected chi connectivity index (χ0v) is 4.22. The summed E-state index contributed by atoms with van der Waals surface area (Å²) >= 11 is 0. The zero-order valence-electron chi connectivity index (χ0n) is 3.07. The molecule has 30 valence electrons. The van der Waals surface area contributed by atoms with E-state index in [9.17, 15) is 0 Å². The van der Waals surface area contributed by atoms with Gasteiger partial charge in [0.05, 0.1) is 0 Å². The van der Waals surface area contributed by atoms with E-state index in [0.717, 1.165) is 6.16 Å². The van der Waals surface area contributed by atoms with Gasteiger partial charge in [-0.2, -0.15) is 0 Å². The number of hydrogen-bond donors (Lipinski definition) is 1. The minimum atomic E-state index is 0. The fourth-order valence-electron chi connectivity index (χ4n) is 0. The highest BCUT2D eigenvalue weighted by Gasteiger charge is 1.43. The van der Waals surface area contributed by atoms with Crippen molar-refractivity contribution in [2.75, 3.05) is 6.16 Å². The number of hydrogen-bond acceptors (Lipinski definition) is 1. The zero-order chi connectivity index (χ0) is 3.41. The lowest BCUT2D eigenvalue weighted by Crippen LogP contribution is -1.45. The van der Waals surface area contributed by atoms with E-state index in [1.807, 2.05) is 0 Å². The second-order valence-corrected chi connectivity index (χ2v) is 0.816. The maximum atomic E-state index is 4.76. The van der Waals surface area contributed by atoms with Crippen molar-refractivity contribution >= 4 is 9.24 Å². The predicted octanol–water partition coefficient (Wildman–Crippen LogP) is 0.657. The molecule has 0 aromatic rings. The predicted molar refractivity (Wildman–Crippen MR) is 28.4 cm³/mol. The van der Waals surface area contributed by atoms with Crippen LogP contribution in [0, 0.1) is 12.3 Å². The van der Waals surface area contributed by atoms with E-state index in [1.54, 1.807) is 0 Å². The Labute approximate surface area is 34.9 Å². The molecule has 2 heteroatoms. The Morgan fingerprint density at radius 2 is 2.00 bits per heavy atom. The molecule has 0 bridgehead atoms. The van der Waals surface area contributed by atoms with Crippen molar-refractivity contribution in [1.82, 2.24) is 6.15 Å². The largest absolute Gasteiger partial charge is 0.344 e. The van der Waals surface area contributed by atoms with Crippen molar-refractivity contribution in [3.05, 3.63) is 0 Å². The van der Waals surface area contributed by atoms with Gasteiger partial charge in [0.1, 0.15) is 0 Å². The third kappa shape index (κ3) is 16.6. The molecule has 0 rings (SSSR count). The third-order valence-corrected chi connectivity index (χ3v) is 0.354.